The Morgan fingerprint density at radius 1 is 1.39 bits per heavy atom. The van der Waals surface area contributed by atoms with E-state index in [1.807, 2.05) is 0 Å². The Morgan fingerprint density at radius 2 is 2.06 bits per heavy atom. The van der Waals surface area contributed by atoms with E-state index in [1.54, 1.807) is 13.0 Å². The van der Waals surface area contributed by atoms with Crippen molar-refractivity contribution < 1.29 is 18.7 Å². The average molecular weight is 251 g/mol. The fourth-order valence-electron chi connectivity index (χ4n) is 1.20. The summed E-state index contributed by atoms with van der Waals surface area (Å²) >= 11 is 0. The van der Waals surface area contributed by atoms with E-state index in [0.29, 0.717) is 0 Å². The molecule has 5 heteroatoms. The van der Waals surface area contributed by atoms with E-state index in [2.05, 4.69) is 5.32 Å². The third-order valence-corrected chi connectivity index (χ3v) is 2.10. The highest BCUT2D eigenvalue weighted by atomic mass is 19.1. The van der Waals surface area contributed by atoms with Crippen molar-refractivity contribution in [2.75, 3.05) is 5.32 Å². The number of rotatable bonds is 4. The largest absolute Gasteiger partial charge is 0.449 e. The minimum atomic E-state index is -0.992. The maximum atomic E-state index is 13.3. The van der Waals surface area contributed by atoms with Crippen LogP contribution in [0.1, 0.15) is 13.8 Å². The Kier molecular flexibility index (Phi) is 5.05. The van der Waals surface area contributed by atoms with Gasteiger partial charge in [-0.1, -0.05) is 18.2 Å². The van der Waals surface area contributed by atoms with E-state index in [-0.39, 0.29) is 5.69 Å². The molecule has 1 amide bonds. The molecule has 0 saturated carbocycles. The summed E-state index contributed by atoms with van der Waals surface area (Å²) in [7, 11) is 0. The molecule has 18 heavy (non-hydrogen) atoms. The molecular weight excluding hydrogens is 237 g/mol. The van der Waals surface area contributed by atoms with E-state index >= 15 is 0 Å². The topological polar surface area (TPSA) is 55.4 Å². The fraction of sp³-hybridized carbons (Fsp3) is 0.231. The third kappa shape index (κ3) is 4.01. The molecule has 0 fully saturated rings. The summed E-state index contributed by atoms with van der Waals surface area (Å²) in [6.07, 6.45) is 1.71. The van der Waals surface area contributed by atoms with E-state index in [0.717, 1.165) is 0 Å². The van der Waals surface area contributed by atoms with Gasteiger partial charge in [-0.15, -0.1) is 0 Å². The highest BCUT2D eigenvalue weighted by molar-refractivity contribution is 5.96. The van der Waals surface area contributed by atoms with Crippen LogP contribution in [0.2, 0.25) is 0 Å². The second-order valence-corrected chi connectivity index (χ2v) is 3.55. The van der Waals surface area contributed by atoms with Gasteiger partial charge in [-0.2, -0.15) is 0 Å². The summed E-state index contributed by atoms with van der Waals surface area (Å²) in [5, 5.41) is 2.34. The number of hydrogen-bond donors (Lipinski definition) is 1. The molecule has 0 heterocycles. The van der Waals surface area contributed by atoms with Crippen LogP contribution >= 0.6 is 0 Å². The lowest BCUT2D eigenvalue weighted by molar-refractivity contribution is -0.148. The molecule has 1 rings (SSSR count). The van der Waals surface area contributed by atoms with Crippen LogP contribution in [0.25, 0.3) is 0 Å². The molecule has 1 atom stereocenters. The summed E-state index contributed by atoms with van der Waals surface area (Å²) in [5.74, 6) is -1.75. The van der Waals surface area contributed by atoms with Crippen molar-refractivity contribution in [1.29, 1.82) is 0 Å². The number of halogens is 1. The number of allylic oxidation sites excluding steroid dienone is 1. The van der Waals surface area contributed by atoms with Crippen LogP contribution < -0.4 is 5.32 Å². The number of ether oxygens (including phenoxy) is 1. The molecule has 0 spiro atoms. The number of hydrogen-bond acceptors (Lipinski definition) is 3. The fourth-order valence-corrected chi connectivity index (χ4v) is 1.20. The van der Waals surface area contributed by atoms with Crippen LogP contribution in [-0.2, 0) is 14.3 Å². The first-order valence-electron chi connectivity index (χ1n) is 5.43. The number of para-hydroxylation sites is 1. The zero-order chi connectivity index (χ0) is 13.5. The van der Waals surface area contributed by atoms with Crippen molar-refractivity contribution in [1.82, 2.24) is 0 Å². The van der Waals surface area contributed by atoms with Crippen LogP contribution in [-0.4, -0.2) is 18.0 Å². The van der Waals surface area contributed by atoms with Crippen molar-refractivity contribution >= 4 is 17.6 Å². The van der Waals surface area contributed by atoms with Gasteiger partial charge in [0, 0.05) is 6.08 Å². The first-order valence-corrected chi connectivity index (χ1v) is 5.43. The third-order valence-electron chi connectivity index (χ3n) is 2.10. The second-order valence-electron chi connectivity index (χ2n) is 3.55. The smallest absolute Gasteiger partial charge is 0.331 e. The van der Waals surface area contributed by atoms with Gasteiger partial charge in [-0.05, 0) is 26.0 Å². The highest BCUT2D eigenvalue weighted by Gasteiger charge is 2.17. The lowest BCUT2D eigenvalue weighted by Crippen LogP contribution is -2.29. The molecule has 0 radical (unpaired) electrons. The van der Waals surface area contributed by atoms with Gasteiger partial charge < -0.3 is 10.1 Å². The lowest BCUT2D eigenvalue weighted by atomic mass is 10.3. The first kappa shape index (κ1) is 13.9. The van der Waals surface area contributed by atoms with Crippen LogP contribution in [0.4, 0.5) is 10.1 Å². The van der Waals surface area contributed by atoms with Gasteiger partial charge in [-0.3, -0.25) is 4.79 Å². The predicted octanol–water partition coefficient (Wildman–Crippen LogP) is 2.27. The van der Waals surface area contributed by atoms with Gasteiger partial charge in [0.15, 0.2) is 6.10 Å². The number of esters is 1. The summed E-state index contributed by atoms with van der Waals surface area (Å²) in [6.45, 7) is 3.07. The maximum Gasteiger partial charge on any atom is 0.331 e. The molecule has 1 aromatic rings. The van der Waals surface area contributed by atoms with Crippen molar-refractivity contribution in [3.63, 3.8) is 0 Å². The first-order chi connectivity index (χ1) is 8.54. The number of carbonyl (C=O) groups is 2. The average Bonchev–Trinajstić information content (AvgIpc) is 2.32. The Morgan fingerprint density at radius 3 is 2.67 bits per heavy atom. The molecule has 96 valence electrons. The molecule has 1 N–H and O–H groups in total. The van der Waals surface area contributed by atoms with Crippen LogP contribution in [0, 0.1) is 5.82 Å². The Bertz CT molecular complexity index is 471. The minimum absolute atomic E-state index is 0.0523. The Balaban J connectivity index is 2.60. The second kappa shape index (κ2) is 6.54. The van der Waals surface area contributed by atoms with Gasteiger partial charge in [0.1, 0.15) is 5.82 Å². The number of benzene rings is 1. The van der Waals surface area contributed by atoms with E-state index in [9.17, 15) is 14.0 Å². The quantitative estimate of drug-likeness (QED) is 0.659. The molecule has 0 aliphatic heterocycles. The maximum absolute atomic E-state index is 13.3. The van der Waals surface area contributed by atoms with Gasteiger partial charge in [0.2, 0.25) is 0 Å². The summed E-state index contributed by atoms with van der Waals surface area (Å²) in [5.41, 5.74) is 0.0523. The summed E-state index contributed by atoms with van der Waals surface area (Å²) in [6, 6.07) is 5.76. The van der Waals surface area contributed by atoms with Crippen molar-refractivity contribution in [2.45, 2.75) is 20.0 Å². The monoisotopic (exact) mass is 251 g/mol. The van der Waals surface area contributed by atoms with Gasteiger partial charge >= 0.3 is 5.97 Å². The lowest BCUT2D eigenvalue weighted by Gasteiger charge is -2.12. The highest BCUT2D eigenvalue weighted by Crippen LogP contribution is 2.13. The molecule has 0 bridgehead atoms. The minimum Gasteiger partial charge on any atom is -0.449 e. The molecule has 1 unspecified atom stereocenters. The summed E-state index contributed by atoms with van der Waals surface area (Å²) in [4.78, 5) is 22.7. The van der Waals surface area contributed by atoms with E-state index < -0.39 is 23.8 Å². The Hall–Kier alpha value is -2.17. The molecule has 1 aromatic carbocycles. The molecule has 0 saturated heterocycles. The van der Waals surface area contributed by atoms with Crippen LogP contribution in [0.15, 0.2) is 36.4 Å². The Labute approximate surface area is 104 Å². The zero-order valence-electron chi connectivity index (χ0n) is 10.1. The SMILES string of the molecule is C/C=C/C(=O)OC(C)C(=O)Nc1ccccc1F. The summed E-state index contributed by atoms with van der Waals surface area (Å²) < 4.78 is 18.1. The van der Waals surface area contributed by atoms with Crippen LogP contribution in [0.3, 0.4) is 0 Å². The van der Waals surface area contributed by atoms with Crippen molar-refractivity contribution in [3.05, 3.63) is 42.2 Å². The van der Waals surface area contributed by atoms with Crippen molar-refractivity contribution in [3.8, 4) is 0 Å². The number of nitrogens with one attached hydrogen (secondary N) is 1. The predicted molar refractivity (Wildman–Crippen MR) is 65.4 cm³/mol. The molecule has 0 aromatic heterocycles. The van der Waals surface area contributed by atoms with Gasteiger partial charge in [0.25, 0.3) is 5.91 Å². The zero-order valence-corrected chi connectivity index (χ0v) is 10.1. The van der Waals surface area contributed by atoms with Crippen molar-refractivity contribution in [2.24, 2.45) is 0 Å². The van der Waals surface area contributed by atoms with Gasteiger partial charge in [0.05, 0.1) is 5.69 Å². The molecular formula is C13H14FNO3. The normalized spacial score (nSPS) is 12.2. The number of carbonyl (C=O) groups excluding carboxylic acids is 2. The molecule has 4 nitrogen and oxygen atoms in total. The van der Waals surface area contributed by atoms with E-state index in [1.165, 1.54) is 37.3 Å². The standard InChI is InChI=1S/C13H14FNO3/c1-3-6-12(16)18-9(2)13(17)15-11-8-5-4-7-10(11)14/h3-9H,1-2H3,(H,15,17)/b6-3+. The molecule has 0 aliphatic rings. The van der Waals surface area contributed by atoms with E-state index in [4.69, 9.17) is 4.74 Å². The number of amides is 1. The van der Waals surface area contributed by atoms with Crippen LogP contribution in [0.5, 0.6) is 0 Å². The molecule has 0 aliphatic carbocycles. The number of anilines is 1. The van der Waals surface area contributed by atoms with Gasteiger partial charge in [-0.25, -0.2) is 9.18 Å².